The van der Waals surface area contributed by atoms with Crippen LogP contribution in [-0.4, -0.2) is 67.0 Å². The van der Waals surface area contributed by atoms with Gasteiger partial charge in [-0.15, -0.1) is 0 Å². The Morgan fingerprint density at radius 3 is 2.05 bits per heavy atom. The molecule has 0 saturated heterocycles. The Kier molecular flexibility index (Phi) is 12.9. The number of anilines is 1. The van der Waals surface area contributed by atoms with Gasteiger partial charge in [0.1, 0.15) is 12.1 Å². The van der Waals surface area contributed by atoms with E-state index in [2.05, 4.69) is 43.9 Å². The molecule has 0 aliphatic heterocycles. The van der Waals surface area contributed by atoms with Gasteiger partial charge < -0.3 is 31.5 Å². The van der Waals surface area contributed by atoms with E-state index in [-0.39, 0.29) is 35.8 Å². The molecule has 0 heterocycles. The molecule has 0 radical (unpaired) electrons. The molecule has 0 aliphatic carbocycles. The number of rotatable bonds is 15. The Morgan fingerprint density at radius 2 is 1.49 bits per heavy atom. The number of primary sulfonamides is 1. The molecule has 0 fully saturated rings. The van der Waals surface area contributed by atoms with Crippen molar-refractivity contribution < 1.29 is 42.6 Å². The van der Waals surface area contributed by atoms with Gasteiger partial charge in [0.2, 0.25) is 15.9 Å². The van der Waals surface area contributed by atoms with Crippen LogP contribution in [0.15, 0.2) is 53.4 Å². The van der Waals surface area contributed by atoms with Crippen molar-refractivity contribution in [2.75, 3.05) is 11.9 Å². The smallest absolute Gasteiger partial charge is 0.326 e. The molecule has 8 N–H and O–H groups in total. The predicted molar refractivity (Wildman–Crippen MR) is 156 cm³/mol. The van der Waals surface area contributed by atoms with Crippen LogP contribution in [0.25, 0.3) is 0 Å². The highest BCUT2D eigenvalue weighted by atomic mass is 127. The second kappa shape index (κ2) is 15.9. The Balaban J connectivity index is 1.78. The summed E-state index contributed by atoms with van der Waals surface area (Å²) in [5.74, 6) is -3.60. The van der Waals surface area contributed by atoms with E-state index >= 15 is 0 Å². The van der Waals surface area contributed by atoms with Crippen molar-refractivity contribution in [3.8, 4) is 0 Å². The Bertz CT molecular complexity index is 1370. The second-order valence-corrected chi connectivity index (χ2v) is 11.6. The number of hydrogen-bond donors (Lipinski definition) is 7. The van der Waals surface area contributed by atoms with Crippen molar-refractivity contribution in [1.29, 1.82) is 0 Å². The van der Waals surface area contributed by atoms with Crippen LogP contribution in [0.5, 0.6) is 0 Å². The summed E-state index contributed by atoms with van der Waals surface area (Å²) in [4.78, 5) is 59.7. The highest BCUT2D eigenvalue weighted by Gasteiger charge is 2.25. The van der Waals surface area contributed by atoms with E-state index in [4.69, 9.17) is 5.14 Å². The lowest BCUT2D eigenvalue weighted by Gasteiger charge is -2.18. The van der Waals surface area contributed by atoms with Crippen molar-refractivity contribution in [2.45, 2.75) is 49.1 Å². The molecule has 1 unspecified atom stereocenters. The molecular weight excluding hydrogens is 673 g/mol. The van der Waals surface area contributed by atoms with E-state index in [0.29, 0.717) is 24.9 Å². The first-order chi connectivity index (χ1) is 19.3. The molecule has 0 spiro atoms. The number of sulfonamides is 1. The quantitative estimate of drug-likeness (QED) is 0.105. The van der Waals surface area contributed by atoms with Crippen LogP contribution < -0.4 is 26.4 Å². The van der Waals surface area contributed by atoms with Gasteiger partial charge >= 0.3 is 18.0 Å². The molecule has 2 atom stereocenters. The van der Waals surface area contributed by atoms with Crippen molar-refractivity contribution >= 4 is 68.1 Å². The first kappa shape index (κ1) is 33.4. The molecule has 4 amide bonds. The average molecular weight is 704 g/mol. The van der Waals surface area contributed by atoms with Gasteiger partial charge in [-0.2, -0.15) is 0 Å². The summed E-state index contributed by atoms with van der Waals surface area (Å²) in [5.41, 5.74) is 0.751. The highest BCUT2D eigenvalue weighted by molar-refractivity contribution is 14.1. The van der Waals surface area contributed by atoms with E-state index in [0.717, 1.165) is 3.57 Å². The lowest BCUT2D eigenvalue weighted by Crippen LogP contribution is -2.51. The molecule has 0 saturated carbocycles. The summed E-state index contributed by atoms with van der Waals surface area (Å²) < 4.78 is 23.5. The first-order valence-electron chi connectivity index (χ1n) is 12.3. The van der Waals surface area contributed by atoms with E-state index < -0.39 is 46.0 Å². The summed E-state index contributed by atoms with van der Waals surface area (Å²) in [5, 5.41) is 33.5. The lowest BCUT2D eigenvalue weighted by molar-refractivity contribution is -0.139. The standard InChI is InChI=1S/C25H30IN5O9S/c26-16-5-3-4-15(14-16)22(33)28-13-2-1-6-19(23(34)35)30-25(38)31-20(24(36)37)11-12-21(32)29-17-7-9-18(10-8-17)41(27,39)40/h3-5,7-10,14,19-20H,1-2,6,11-13H2,(H,28,33)(H,29,32)(H,34,35)(H,36,37)(H2,27,39,40)(H2,30,31,38)/t19?,20-/m0/s1. The van der Waals surface area contributed by atoms with E-state index in [9.17, 15) is 42.6 Å². The maximum atomic E-state index is 12.3. The van der Waals surface area contributed by atoms with E-state index in [1.807, 2.05) is 6.07 Å². The molecule has 2 aromatic rings. The number of carbonyl (C=O) groups excluding carboxylic acids is 3. The van der Waals surface area contributed by atoms with Crippen LogP contribution in [0.4, 0.5) is 10.5 Å². The zero-order chi connectivity index (χ0) is 30.6. The normalized spacial score (nSPS) is 12.4. The molecule has 16 heteroatoms. The van der Waals surface area contributed by atoms with Gasteiger partial charge in [0.15, 0.2) is 0 Å². The third kappa shape index (κ3) is 12.1. The van der Waals surface area contributed by atoms with Crippen LogP contribution in [0.1, 0.15) is 42.5 Å². The SMILES string of the molecule is NS(=O)(=O)c1ccc(NC(=O)CC[C@H](NC(=O)NC(CCCCNC(=O)c2cccc(I)c2)C(=O)O)C(=O)O)cc1. The first-order valence-corrected chi connectivity index (χ1v) is 14.9. The van der Waals surface area contributed by atoms with Gasteiger partial charge in [-0.3, -0.25) is 9.59 Å². The maximum Gasteiger partial charge on any atom is 0.326 e. The van der Waals surface area contributed by atoms with Crippen LogP contribution in [0.3, 0.4) is 0 Å². The third-order valence-corrected chi connectivity index (χ3v) is 7.23. The molecule has 0 aromatic heterocycles. The lowest BCUT2D eigenvalue weighted by atomic mass is 10.1. The Labute approximate surface area is 249 Å². The zero-order valence-electron chi connectivity index (χ0n) is 21.6. The number of hydrogen-bond acceptors (Lipinski definition) is 7. The van der Waals surface area contributed by atoms with E-state index in [1.54, 1.807) is 18.2 Å². The number of carboxylic acids is 2. The topological polar surface area (TPSA) is 234 Å². The number of carboxylic acid groups (broad SMARTS) is 2. The number of aliphatic carboxylic acids is 2. The predicted octanol–water partition coefficient (Wildman–Crippen LogP) is 1.46. The van der Waals surface area contributed by atoms with Crippen molar-refractivity contribution in [3.05, 3.63) is 57.7 Å². The van der Waals surface area contributed by atoms with Crippen molar-refractivity contribution in [2.24, 2.45) is 5.14 Å². The fourth-order valence-corrected chi connectivity index (χ4v) is 4.57. The summed E-state index contributed by atoms with van der Waals surface area (Å²) in [7, 11) is -3.90. The summed E-state index contributed by atoms with van der Waals surface area (Å²) in [6, 6.07) is 8.19. The Hall–Kier alpha value is -3.77. The van der Waals surface area contributed by atoms with Gasteiger partial charge in [0.05, 0.1) is 4.90 Å². The fourth-order valence-electron chi connectivity index (χ4n) is 3.51. The van der Waals surface area contributed by atoms with Crippen LogP contribution in [0.2, 0.25) is 0 Å². The number of nitrogens with two attached hydrogens (primary N) is 1. The summed E-state index contributed by atoms with van der Waals surface area (Å²) in [6.45, 7) is 0.294. The molecule has 14 nitrogen and oxygen atoms in total. The minimum Gasteiger partial charge on any atom is -0.480 e. The van der Waals surface area contributed by atoms with E-state index in [1.165, 1.54) is 24.3 Å². The largest absolute Gasteiger partial charge is 0.480 e. The highest BCUT2D eigenvalue weighted by Crippen LogP contribution is 2.13. The van der Waals surface area contributed by atoms with Crippen molar-refractivity contribution in [1.82, 2.24) is 16.0 Å². The van der Waals surface area contributed by atoms with Crippen LogP contribution in [0, 0.1) is 3.57 Å². The van der Waals surface area contributed by atoms with Gasteiger partial charge in [0, 0.05) is 27.8 Å². The minimum absolute atomic E-state index is 0.0340. The molecule has 2 rings (SSSR count). The molecule has 41 heavy (non-hydrogen) atoms. The number of halogens is 1. The number of unbranched alkanes of at least 4 members (excludes halogenated alkanes) is 1. The molecule has 2 aromatic carbocycles. The fraction of sp³-hybridized carbons (Fsp3) is 0.320. The molecule has 222 valence electrons. The van der Waals surface area contributed by atoms with Gasteiger partial charge in [-0.25, -0.2) is 27.9 Å². The second-order valence-electron chi connectivity index (χ2n) is 8.82. The average Bonchev–Trinajstić information content (AvgIpc) is 2.89. The van der Waals surface area contributed by atoms with Crippen LogP contribution in [-0.2, 0) is 24.4 Å². The molecule has 0 bridgehead atoms. The third-order valence-electron chi connectivity index (χ3n) is 5.63. The number of benzene rings is 2. The zero-order valence-corrected chi connectivity index (χ0v) is 24.6. The molecule has 0 aliphatic rings. The number of nitrogens with one attached hydrogen (secondary N) is 4. The van der Waals surface area contributed by atoms with Crippen molar-refractivity contribution in [3.63, 3.8) is 0 Å². The molecular formula is C25H30IN5O9S. The number of amides is 4. The van der Waals surface area contributed by atoms with Crippen LogP contribution >= 0.6 is 22.6 Å². The van der Waals surface area contributed by atoms with Gasteiger partial charge in [-0.05, 0) is 90.7 Å². The monoisotopic (exact) mass is 703 g/mol. The van der Waals surface area contributed by atoms with Gasteiger partial charge in [-0.1, -0.05) is 6.07 Å². The number of carbonyl (C=O) groups is 5. The summed E-state index contributed by atoms with van der Waals surface area (Å²) in [6.07, 6.45) is 0.212. The summed E-state index contributed by atoms with van der Waals surface area (Å²) >= 11 is 2.09. The number of urea groups is 1. The Morgan fingerprint density at radius 1 is 0.878 bits per heavy atom. The minimum atomic E-state index is -3.90. The van der Waals surface area contributed by atoms with Gasteiger partial charge in [0.25, 0.3) is 5.91 Å². The maximum absolute atomic E-state index is 12.3.